The molecule has 3 aromatic rings. The third kappa shape index (κ3) is 3.12. The van der Waals surface area contributed by atoms with Gasteiger partial charge in [-0.2, -0.15) is 18.3 Å². The fourth-order valence-corrected chi connectivity index (χ4v) is 2.63. The highest BCUT2D eigenvalue weighted by molar-refractivity contribution is 6.34. The fraction of sp³-hybridized carbons (Fsp3) is 0.188. The summed E-state index contributed by atoms with van der Waals surface area (Å²) in [5.41, 5.74) is 7.11. The predicted octanol–water partition coefficient (Wildman–Crippen LogP) is 4.53. The van der Waals surface area contributed by atoms with E-state index in [1.165, 1.54) is 6.07 Å². The number of aromatic nitrogens is 2. The number of fused-ring (bicyclic) bond motifs is 1. The van der Waals surface area contributed by atoms with E-state index in [4.69, 9.17) is 17.3 Å². The molecule has 0 fully saturated rings. The van der Waals surface area contributed by atoms with Gasteiger partial charge in [-0.25, -0.2) is 0 Å². The molecular weight excluding hydrogens is 327 g/mol. The van der Waals surface area contributed by atoms with Gasteiger partial charge in [-0.05, 0) is 30.2 Å². The van der Waals surface area contributed by atoms with Crippen molar-refractivity contribution in [3.63, 3.8) is 0 Å². The van der Waals surface area contributed by atoms with E-state index < -0.39 is 11.7 Å². The molecule has 0 saturated heterocycles. The van der Waals surface area contributed by atoms with Crippen molar-refractivity contribution >= 4 is 28.2 Å². The number of alkyl halides is 3. The van der Waals surface area contributed by atoms with Gasteiger partial charge in [-0.1, -0.05) is 29.8 Å². The molecule has 0 aliphatic rings. The lowest BCUT2D eigenvalue weighted by atomic mass is 10.1. The zero-order valence-electron chi connectivity index (χ0n) is 11.9. The molecule has 0 aliphatic heterocycles. The van der Waals surface area contributed by atoms with E-state index in [-0.39, 0.29) is 0 Å². The molecule has 0 amide bonds. The summed E-state index contributed by atoms with van der Waals surface area (Å²) in [6, 6.07) is 8.80. The zero-order valence-corrected chi connectivity index (χ0v) is 12.7. The van der Waals surface area contributed by atoms with E-state index in [9.17, 15) is 13.2 Å². The zero-order chi connectivity index (χ0) is 16.6. The molecule has 3 rings (SSSR count). The minimum absolute atomic E-state index is 0.434. The van der Waals surface area contributed by atoms with Gasteiger partial charge in [-0.15, -0.1) is 0 Å². The average Bonchev–Trinajstić information content (AvgIpc) is 2.92. The smallest absolute Gasteiger partial charge is 0.397 e. The van der Waals surface area contributed by atoms with Gasteiger partial charge in [0, 0.05) is 11.9 Å². The maximum Gasteiger partial charge on any atom is 0.416 e. The number of nitrogens with two attached hydrogens (primary N) is 1. The molecule has 7 heteroatoms. The summed E-state index contributed by atoms with van der Waals surface area (Å²) < 4.78 is 39.9. The lowest BCUT2D eigenvalue weighted by Gasteiger charge is -2.09. The minimum atomic E-state index is -4.33. The van der Waals surface area contributed by atoms with Crippen LogP contribution in [0.3, 0.4) is 0 Å². The van der Waals surface area contributed by atoms with E-state index in [0.717, 1.165) is 23.0 Å². The monoisotopic (exact) mass is 339 g/mol. The van der Waals surface area contributed by atoms with Crippen molar-refractivity contribution in [1.82, 2.24) is 9.78 Å². The topological polar surface area (TPSA) is 43.8 Å². The highest BCUT2D eigenvalue weighted by Crippen LogP contribution is 2.30. The summed E-state index contributed by atoms with van der Waals surface area (Å²) in [6.45, 7) is 0.450. The van der Waals surface area contributed by atoms with E-state index in [1.807, 2.05) is 0 Å². The Bertz CT molecular complexity index is 855. The largest absolute Gasteiger partial charge is 0.416 e. The van der Waals surface area contributed by atoms with E-state index in [2.05, 4.69) is 5.10 Å². The molecule has 1 aromatic heterocycles. The van der Waals surface area contributed by atoms with Gasteiger partial charge < -0.3 is 5.73 Å². The summed E-state index contributed by atoms with van der Waals surface area (Å²) >= 11 is 5.96. The van der Waals surface area contributed by atoms with Crippen LogP contribution in [0.5, 0.6) is 0 Å². The van der Waals surface area contributed by atoms with Crippen molar-refractivity contribution in [2.75, 3.05) is 5.73 Å². The summed E-state index contributed by atoms with van der Waals surface area (Å²) in [5, 5.41) is 5.43. The van der Waals surface area contributed by atoms with Gasteiger partial charge in [0.15, 0.2) is 0 Å². The number of halogens is 4. The van der Waals surface area contributed by atoms with Crippen LogP contribution in [0.25, 0.3) is 10.9 Å². The molecule has 2 N–H and O–H groups in total. The van der Waals surface area contributed by atoms with Crippen LogP contribution in [-0.2, 0) is 19.1 Å². The van der Waals surface area contributed by atoms with Crippen molar-refractivity contribution in [3.05, 3.63) is 58.7 Å². The predicted molar refractivity (Wildman–Crippen MR) is 84.3 cm³/mol. The molecule has 0 aliphatic carbocycles. The van der Waals surface area contributed by atoms with Gasteiger partial charge >= 0.3 is 6.18 Å². The summed E-state index contributed by atoms with van der Waals surface area (Å²) in [6.07, 6.45) is -2.29. The first-order chi connectivity index (χ1) is 10.9. The molecule has 0 unspecified atom stereocenters. The summed E-state index contributed by atoms with van der Waals surface area (Å²) in [7, 11) is 0. The first kappa shape index (κ1) is 15.7. The molecule has 0 radical (unpaired) electrons. The Morgan fingerprint density at radius 1 is 1.17 bits per heavy atom. The van der Waals surface area contributed by atoms with Crippen molar-refractivity contribution in [2.45, 2.75) is 19.1 Å². The normalized spacial score (nSPS) is 12.0. The molecule has 0 bridgehead atoms. The number of anilines is 1. The van der Waals surface area contributed by atoms with Crippen LogP contribution in [0, 0.1) is 0 Å². The summed E-state index contributed by atoms with van der Waals surface area (Å²) in [4.78, 5) is 0. The highest BCUT2D eigenvalue weighted by Gasteiger charge is 2.30. The second-order valence-electron chi connectivity index (χ2n) is 5.21. The van der Waals surface area contributed by atoms with Crippen LogP contribution in [-0.4, -0.2) is 9.78 Å². The highest BCUT2D eigenvalue weighted by atomic mass is 35.5. The molecule has 0 spiro atoms. The number of nitrogen functional groups attached to an aromatic ring is 1. The van der Waals surface area contributed by atoms with Gasteiger partial charge in [0.05, 0.1) is 28.0 Å². The number of nitrogens with zero attached hydrogens (tertiary/aromatic N) is 2. The van der Waals surface area contributed by atoms with Crippen LogP contribution in [0.2, 0.25) is 5.02 Å². The standard InChI is InChI=1S/C16H13ClF3N3/c17-13-4-5-14-12(15(13)21)9-22-23(14)7-6-10-2-1-3-11(8-10)16(18,19)20/h1-5,8-9H,6-7,21H2. The average molecular weight is 340 g/mol. The third-order valence-corrected chi connectivity index (χ3v) is 4.01. The molecule has 0 atom stereocenters. The number of rotatable bonds is 3. The van der Waals surface area contributed by atoms with Crippen LogP contribution in [0.4, 0.5) is 18.9 Å². The van der Waals surface area contributed by atoms with Gasteiger partial charge in [-0.3, -0.25) is 4.68 Å². The maximum atomic E-state index is 12.7. The van der Waals surface area contributed by atoms with E-state index >= 15 is 0 Å². The Kier molecular flexibility index (Phi) is 3.93. The molecule has 23 heavy (non-hydrogen) atoms. The van der Waals surface area contributed by atoms with Crippen molar-refractivity contribution in [1.29, 1.82) is 0 Å². The Hall–Kier alpha value is -2.21. The van der Waals surface area contributed by atoms with Gasteiger partial charge in [0.2, 0.25) is 0 Å². The van der Waals surface area contributed by atoms with E-state index in [1.54, 1.807) is 29.1 Å². The number of aryl methyl sites for hydroxylation is 2. The minimum Gasteiger partial charge on any atom is -0.397 e. The summed E-state index contributed by atoms with van der Waals surface area (Å²) in [5.74, 6) is 0. The van der Waals surface area contributed by atoms with Crippen LogP contribution in [0.1, 0.15) is 11.1 Å². The molecule has 2 aromatic carbocycles. The quantitative estimate of drug-likeness (QED) is 0.712. The van der Waals surface area contributed by atoms with E-state index in [0.29, 0.717) is 29.2 Å². The third-order valence-electron chi connectivity index (χ3n) is 3.68. The van der Waals surface area contributed by atoms with Crippen molar-refractivity contribution in [2.24, 2.45) is 0 Å². The first-order valence-corrected chi connectivity index (χ1v) is 7.29. The van der Waals surface area contributed by atoms with Gasteiger partial charge in [0.1, 0.15) is 0 Å². The molecule has 3 nitrogen and oxygen atoms in total. The SMILES string of the molecule is Nc1c(Cl)ccc2c1cnn2CCc1cccc(C(F)(F)F)c1. The van der Waals surface area contributed by atoms with Crippen LogP contribution >= 0.6 is 11.6 Å². The lowest BCUT2D eigenvalue weighted by Crippen LogP contribution is -2.07. The van der Waals surface area contributed by atoms with Crippen molar-refractivity contribution in [3.8, 4) is 0 Å². The number of hydrogen-bond donors (Lipinski definition) is 1. The van der Waals surface area contributed by atoms with Crippen LogP contribution < -0.4 is 5.73 Å². The Morgan fingerprint density at radius 3 is 2.70 bits per heavy atom. The lowest BCUT2D eigenvalue weighted by molar-refractivity contribution is -0.137. The maximum absolute atomic E-state index is 12.7. The molecule has 120 valence electrons. The molecule has 1 heterocycles. The fourth-order valence-electron chi connectivity index (χ4n) is 2.47. The second-order valence-corrected chi connectivity index (χ2v) is 5.62. The van der Waals surface area contributed by atoms with Gasteiger partial charge in [0.25, 0.3) is 0 Å². The Morgan fingerprint density at radius 2 is 1.96 bits per heavy atom. The number of benzene rings is 2. The second kappa shape index (κ2) is 5.77. The Balaban J connectivity index is 1.83. The van der Waals surface area contributed by atoms with Crippen LogP contribution in [0.15, 0.2) is 42.6 Å². The number of hydrogen-bond acceptors (Lipinski definition) is 2. The van der Waals surface area contributed by atoms with Crippen molar-refractivity contribution < 1.29 is 13.2 Å². The Labute approximate surface area is 135 Å². The molecular formula is C16H13ClF3N3. The first-order valence-electron chi connectivity index (χ1n) is 6.92. The molecule has 0 saturated carbocycles.